The molecule has 0 radical (unpaired) electrons. The molecular weight excluding hydrogens is 318 g/mol. The Morgan fingerprint density at radius 1 is 1.25 bits per heavy atom. The summed E-state index contributed by atoms with van der Waals surface area (Å²) in [6.45, 7) is -2.74. The number of anilines is 1. The number of alkyl halides is 2. The molecule has 2 aromatic heterocycles. The third-order valence-corrected chi connectivity index (χ3v) is 3.26. The highest BCUT2D eigenvalue weighted by molar-refractivity contribution is 5.90. The van der Waals surface area contributed by atoms with Crippen LogP contribution in [0.1, 0.15) is 18.9 Å². The first-order chi connectivity index (χ1) is 11.6. The minimum absolute atomic E-state index is 0.120. The maximum Gasteiger partial charge on any atom is 0.333 e. The van der Waals surface area contributed by atoms with Gasteiger partial charge in [-0.3, -0.25) is 4.79 Å². The van der Waals surface area contributed by atoms with Gasteiger partial charge in [0.2, 0.25) is 5.91 Å². The normalized spacial score (nSPS) is 11.0. The fraction of sp³-hybridized carbons (Fsp3) is 0.188. The van der Waals surface area contributed by atoms with Gasteiger partial charge >= 0.3 is 6.55 Å². The number of benzene rings is 1. The van der Waals surface area contributed by atoms with Gasteiger partial charge in [0.25, 0.3) is 0 Å². The summed E-state index contributed by atoms with van der Waals surface area (Å²) in [6.07, 6.45) is 4.27. The Balaban J connectivity index is 1.54. The number of amides is 1. The smallest absolute Gasteiger partial charge is 0.333 e. The Kier molecular flexibility index (Phi) is 4.64. The SMILES string of the molecule is O=C(CCc1ncc(-c2ccccc2)o1)Nc1cnn(C(F)F)c1. The average Bonchev–Trinajstić information content (AvgIpc) is 3.23. The van der Waals surface area contributed by atoms with E-state index in [4.69, 9.17) is 4.42 Å². The standard InChI is InChI=1S/C16H14F2N4O2/c17-16(18)22-10-12(8-20-22)21-14(23)6-7-15-19-9-13(24-15)11-4-2-1-3-5-11/h1-5,8-10,16H,6-7H2,(H,21,23). The molecule has 0 saturated carbocycles. The van der Waals surface area contributed by atoms with Crippen LogP contribution in [0.15, 0.2) is 53.3 Å². The number of oxazole rings is 1. The van der Waals surface area contributed by atoms with Crippen LogP contribution in [0, 0.1) is 0 Å². The highest BCUT2D eigenvalue weighted by Gasteiger charge is 2.11. The van der Waals surface area contributed by atoms with Crippen molar-refractivity contribution in [2.24, 2.45) is 0 Å². The summed E-state index contributed by atoms with van der Waals surface area (Å²) >= 11 is 0. The lowest BCUT2D eigenvalue weighted by Gasteiger charge is -2.01. The molecule has 0 fully saturated rings. The number of nitrogens with one attached hydrogen (secondary N) is 1. The number of aryl methyl sites for hydroxylation is 1. The Morgan fingerprint density at radius 2 is 2.04 bits per heavy atom. The molecule has 3 aromatic rings. The topological polar surface area (TPSA) is 73.0 Å². The number of halogens is 2. The van der Waals surface area contributed by atoms with Crippen molar-refractivity contribution in [3.8, 4) is 11.3 Å². The van der Waals surface area contributed by atoms with Gasteiger partial charge in [-0.25, -0.2) is 9.67 Å². The van der Waals surface area contributed by atoms with Crippen molar-refractivity contribution in [3.05, 3.63) is 54.8 Å². The molecule has 0 bridgehead atoms. The van der Waals surface area contributed by atoms with Gasteiger partial charge in [0.1, 0.15) is 0 Å². The van der Waals surface area contributed by atoms with E-state index in [9.17, 15) is 13.6 Å². The molecule has 0 aliphatic heterocycles. The molecule has 124 valence electrons. The molecule has 1 aromatic carbocycles. The first-order valence-electron chi connectivity index (χ1n) is 7.24. The summed E-state index contributed by atoms with van der Waals surface area (Å²) in [6, 6.07) is 9.49. The lowest BCUT2D eigenvalue weighted by molar-refractivity contribution is -0.116. The minimum Gasteiger partial charge on any atom is -0.441 e. The second-order valence-electron chi connectivity index (χ2n) is 5.02. The zero-order valence-electron chi connectivity index (χ0n) is 12.5. The fourth-order valence-corrected chi connectivity index (χ4v) is 2.11. The van der Waals surface area contributed by atoms with E-state index in [0.29, 0.717) is 22.8 Å². The number of carbonyl (C=O) groups is 1. The maximum atomic E-state index is 12.4. The summed E-state index contributed by atoms with van der Waals surface area (Å²) in [5, 5.41) is 5.95. The van der Waals surface area contributed by atoms with Crippen molar-refractivity contribution in [1.29, 1.82) is 0 Å². The molecule has 0 aliphatic rings. The monoisotopic (exact) mass is 332 g/mol. The highest BCUT2D eigenvalue weighted by Crippen LogP contribution is 2.20. The van der Waals surface area contributed by atoms with Crippen LogP contribution < -0.4 is 5.32 Å². The number of nitrogens with zero attached hydrogens (tertiary/aromatic N) is 3. The number of rotatable bonds is 6. The van der Waals surface area contributed by atoms with Crippen molar-refractivity contribution in [1.82, 2.24) is 14.8 Å². The summed E-state index contributed by atoms with van der Waals surface area (Å²) in [5.74, 6) is 0.736. The number of aromatic nitrogens is 3. The van der Waals surface area contributed by atoms with Crippen LogP contribution in [0.2, 0.25) is 0 Å². The number of hydrogen-bond acceptors (Lipinski definition) is 4. The summed E-state index contributed by atoms with van der Waals surface area (Å²) in [4.78, 5) is 16.0. The quantitative estimate of drug-likeness (QED) is 0.750. The third kappa shape index (κ3) is 3.83. The fourth-order valence-electron chi connectivity index (χ4n) is 2.11. The molecule has 1 N–H and O–H groups in total. The summed E-state index contributed by atoms with van der Waals surface area (Å²) in [5.41, 5.74) is 1.12. The molecular formula is C16H14F2N4O2. The second kappa shape index (κ2) is 7.03. The van der Waals surface area contributed by atoms with Crippen LogP contribution in [0.5, 0.6) is 0 Å². The molecule has 0 aliphatic carbocycles. The zero-order chi connectivity index (χ0) is 16.9. The minimum atomic E-state index is -2.74. The molecule has 0 saturated heterocycles. The maximum absolute atomic E-state index is 12.4. The van der Waals surface area contributed by atoms with Crippen molar-refractivity contribution in [2.75, 3.05) is 5.32 Å². The molecule has 1 amide bonds. The van der Waals surface area contributed by atoms with Gasteiger partial charge in [-0.1, -0.05) is 30.3 Å². The van der Waals surface area contributed by atoms with Gasteiger partial charge < -0.3 is 9.73 Å². The van der Waals surface area contributed by atoms with Gasteiger partial charge in [0.15, 0.2) is 11.7 Å². The Labute approximate surface area is 136 Å². The van der Waals surface area contributed by atoms with Gasteiger partial charge in [0.05, 0.1) is 24.3 Å². The van der Waals surface area contributed by atoms with E-state index in [1.807, 2.05) is 30.3 Å². The summed E-state index contributed by atoms with van der Waals surface area (Å²) in [7, 11) is 0. The molecule has 24 heavy (non-hydrogen) atoms. The van der Waals surface area contributed by atoms with E-state index in [1.165, 1.54) is 6.20 Å². The van der Waals surface area contributed by atoms with E-state index in [0.717, 1.165) is 11.8 Å². The van der Waals surface area contributed by atoms with Crippen molar-refractivity contribution < 1.29 is 18.0 Å². The van der Waals surface area contributed by atoms with Crippen LogP contribution in [-0.2, 0) is 11.2 Å². The third-order valence-electron chi connectivity index (χ3n) is 3.26. The van der Waals surface area contributed by atoms with Crippen LogP contribution >= 0.6 is 0 Å². The van der Waals surface area contributed by atoms with Crippen LogP contribution in [0.4, 0.5) is 14.5 Å². The predicted molar refractivity (Wildman–Crippen MR) is 82.4 cm³/mol. The van der Waals surface area contributed by atoms with E-state index in [1.54, 1.807) is 6.20 Å². The summed E-state index contributed by atoms with van der Waals surface area (Å²) < 4.78 is 30.9. The molecule has 8 heteroatoms. The number of hydrogen-bond donors (Lipinski definition) is 1. The van der Waals surface area contributed by atoms with Crippen molar-refractivity contribution in [3.63, 3.8) is 0 Å². The average molecular weight is 332 g/mol. The second-order valence-corrected chi connectivity index (χ2v) is 5.02. The van der Waals surface area contributed by atoms with Crippen molar-refractivity contribution in [2.45, 2.75) is 19.4 Å². The first-order valence-corrected chi connectivity index (χ1v) is 7.24. The molecule has 0 spiro atoms. The Hall–Kier alpha value is -3.03. The lowest BCUT2D eigenvalue weighted by Crippen LogP contribution is -2.12. The van der Waals surface area contributed by atoms with Gasteiger partial charge in [-0.05, 0) is 0 Å². The Bertz CT molecular complexity index is 814. The predicted octanol–water partition coefficient (Wildman–Crippen LogP) is 3.50. The molecule has 3 rings (SSSR count). The van der Waals surface area contributed by atoms with E-state index in [2.05, 4.69) is 15.4 Å². The van der Waals surface area contributed by atoms with Crippen LogP contribution in [0.25, 0.3) is 11.3 Å². The van der Waals surface area contributed by atoms with Gasteiger partial charge in [0, 0.05) is 18.4 Å². The molecule has 0 atom stereocenters. The molecule has 2 heterocycles. The lowest BCUT2D eigenvalue weighted by atomic mass is 10.2. The van der Waals surface area contributed by atoms with Crippen LogP contribution in [-0.4, -0.2) is 20.7 Å². The largest absolute Gasteiger partial charge is 0.441 e. The first kappa shape index (κ1) is 15.9. The highest BCUT2D eigenvalue weighted by atomic mass is 19.3. The van der Waals surface area contributed by atoms with E-state index in [-0.39, 0.29) is 18.0 Å². The Morgan fingerprint density at radius 3 is 2.75 bits per heavy atom. The van der Waals surface area contributed by atoms with Gasteiger partial charge in [-0.2, -0.15) is 13.9 Å². The van der Waals surface area contributed by atoms with Gasteiger partial charge in [-0.15, -0.1) is 0 Å². The number of carbonyl (C=O) groups excluding carboxylic acids is 1. The zero-order valence-corrected chi connectivity index (χ0v) is 12.5. The van der Waals surface area contributed by atoms with Crippen LogP contribution in [0.3, 0.4) is 0 Å². The molecule has 6 nitrogen and oxygen atoms in total. The van der Waals surface area contributed by atoms with E-state index < -0.39 is 6.55 Å². The molecule has 0 unspecified atom stereocenters. The van der Waals surface area contributed by atoms with E-state index >= 15 is 0 Å². The van der Waals surface area contributed by atoms with Crippen molar-refractivity contribution >= 4 is 11.6 Å².